The molecule has 1 amide bonds. The summed E-state index contributed by atoms with van der Waals surface area (Å²) in [7, 11) is 3.11. The molecule has 0 aliphatic heterocycles. The SMILES string of the molecule is CNC(=O)c1ccc(Nc2nc(OC3CCCC3)c3c(-c4ccc(F)cc4)c[nH]c3n2)c(OC)c1. The lowest BCUT2D eigenvalue weighted by Crippen LogP contribution is -2.17. The molecule has 1 aliphatic carbocycles. The van der Waals surface area contributed by atoms with E-state index < -0.39 is 0 Å². The molecule has 0 spiro atoms. The Bertz CT molecular complexity index is 1360. The quantitative estimate of drug-likeness (QED) is 0.340. The number of aromatic nitrogens is 3. The van der Waals surface area contributed by atoms with Crippen LogP contribution in [-0.4, -0.2) is 41.1 Å². The Morgan fingerprint density at radius 2 is 1.89 bits per heavy atom. The van der Waals surface area contributed by atoms with Gasteiger partial charge in [-0.05, 0) is 61.6 Å². The molecule has 1 saturated carbocycles. The Kier molecular flexibility index (Phi) is 6.22. The second-order valence-corrected chi connectivity index (χ2v) is 8.43. The van der Waals surface area contributed by atoms with E-state index in [9.17, 15) is 9.18 Å². The number of methoxy groups -OCH3 is 1. The zero-order chi connectivity index (χ0) is 24.4. The van der Waals surface area contributed by atoms with Gasteiger partial charge in [0, 0.05) is 24.4 Å². The first-order valence-corrected chi connectivity index (χ1v) is 11.5. The Balaban J connectivity index is 1.55. The third-order valence-electron chi connectivity index (χ3n) is 6.17. The molecule has 2 aromatic carbocycles. The minimum Gasteiger partial charge on any atom is -0.495 e. The van der Waals surface area contributed by atoms with Crippen molar-refractivity contribution in [2.24, 2.45) is 0 Å². The predicted molar refractivity (Wildman–Crippen MR) is 132 cm³/mol. The van der Waals surface area contributed by atoms with Crippen LogP contribution in [0.15, 0.2) is 48.7 Å². The van der Waals surface area contributed by atoms with Crippen LogP contribution < -0.4 is 20.1 Å². The van der Waals surface area contributed by atoms with Crippen LogP contribution in [0.3, 0.4) is 0 Å². The number of nitrogens with zero attached hydrogens (tertiary/aromatic N) is 2. The largest absolute Gasteiger partial charge is 0.495 e. The van der Waals surface area contributed by atoms with Crippen LogP contribution in [0, 0.1) is 5.82 Å². The van der Waals surface area contributed by atoms with Gasteiger partial charge in [0.1, 0.15) is 23.3 Å². The third kappa shape index (κ3) is 4.62. The summed E-state index contributed by atoms with van der Waals surface area (Å²) in [5.74, 6) is 0.760. The first-order valence-electron chi connectivity index (χ1n) is 11.5. The number of aromatic amines is 1. The van der Waals surface area contributed by atoms with Crippen molar-refractivity contribution in [3.63, 3.8) is 0 Å². The van der Waals surface area contributed by atoms with Crippen LogP contribution in [0.2, 0.25) is 0 Å². The highest BCUT2D eigenvalue weighted by atomic mass is 19.1. The van der Waals surface area contributed by atoms with Crippen molar-refractivity contribution in [3.05, 3.63) is 60.0 Å². The lowest BCUT2D eigenvalue weighted by Gasteiger charge is -2.16. The zero-order valence-corrected chi connectivity index (χ0v) is 19.5. The number of carbonyl (C=O) groups excluding carboxylic acids is 1. The highest BCUT2D eigenvalue weighted by Gasteiger charge is 2.22. The van der Waals surface area contributed by atoms with Crippen molar-refractivity contribution in [3.8, 4) is 22.8 Å². The number of H-pyrrole nitrogens is 1. The normalized spacial score (nSPS) is 13.7. The minimum atomic E-state index is -0.296. The van der Waals surface area contributed by atoms with E-state index in [1.807, 2.05) is 6.20 Å². The molecule has 1 fully saturated rings. The number of amides is 1. The number of benzene rings is 2. The van der Waals surface area contributed by atoms with Gasteiger partial charge in [0.05, 0.1) is 18.2 Å². The van der Waals surface area contributed by atoms with Gasteiger partial charge in [-0.15, -0.1) is 0 Å². The molecule has 0 unspecified atom stereocenters. The predicted octanol–water partition coefficient (Wildman–Crippen LogP) is 5.20. The summed E-state index contributed by atoms with van der Waals surface area (Å²) < 4.78 is 25.4. The van der Waals surface area contributed by atoms with Crippen molar-refractivity contribution >= 4 is 28.6 Å². The molecule has 3 N–H and O–H groups in total. The van der Waals surface area contributed by atoms with Gasteiger partial charge < -0.3 is 25.1 Å². The van der Waals surface area contributed by atoms with Crippen LogP contribution in [0.5, 0.6) is 11.6 Å². The first kappa shape index (κ1) is 22.6. The topological polar surface area (TPSA) is 101 Å². The number of anilines is 2. The molecule has 4 aromatic rings. The van der Waals surface area contributed by atoms with Crippen molar-refractivity contribution in [2.45, 2.75) is 31.8 Å². The number of halogens is 1. The Morgan fingerprint density at radius 1 is 1.11 bits per heavy atom. The first-order chi connectivity index (χ1) is 17.1. The summed E-state index contributed by atoms with van der Waals surface area (Å²) in [6.45, 7) is 0. The molecule has 35 heavy (non-hydrogen) atoms. The summed E-state index contributed by atoms with van der Waals surface area (Å²) in [5, 5.41) is 6.54. The summed E-state index contributed by atoms with van der Waals surface area (Å²) >= 11 is 0. The smallest absolute Gasteiger partial charge is 0.251 e. The fraction of sp³-hybridized carbons (Fsp3) is 0.269. The molecule has 2 heterocycles. The molecular formula is C26H26FN5O3. The minimum absolute atomic E-state index is 0.0818. The Hall–Kier alpha value is -4.14. The fourth-order valence-corrected chi connectivity index (χ4v) is 4.36. The molecule has 2 aromatic heterocycles. The highest BCUT2D eigenvalue weighted by molar-refractivity contribution is 5.98. The van der Waals surface area contributed by atoms with Crippen LogP contribution in [0.4, 0.5) is 16.0 Å². The van der Waals surface area contributed by atoms with Crippen LogP contribution in [0.25, 0.3) is 22.2 Å². The van der Waals surface area contributed by atoms with Gasteiger partial charge in [0.25, 0.3) is 5.91 Å². The molecule has 9 heteroatoms. The number of carbonyl (C=O) groups is 1. The summed E-state index contributed by atoms with van der Waals surface area (Å²) in [4.78, 5) is 24.6. The van der Waals surface area contributed by atoms with E-state index in [1.54, 1.807) is 37.4 Å². The molecule has 0 saturated heterocycles. The van der Waals surface area contributed by atoms with Gasteiger partial charge in [-0.2, -0.15) is 9.97 Å². The lowest BCUT2D eigenvalue weighted by atomic mass is 10.1. The number of fused-ring (bicyclic) bond motifs is 1. The van der Waals surface area contributed by atoms with E-state index in [4.69, 9.17) is 14.5 Å². The van der Waals surface area contributed by atoms with Crippen molar-refractivity contribution in [1.82, 2.24) is 20.3 Å². The average Bonchev–Trinajstić information content (AvgIpc) is 3.54. The maximum Gasteiger partial charge on any atom is 0.251 e. The van der Waals surface area contributed by atoms with Gasteiger partial charge in [-0.25, -0.2) is 4.39 Å². The van der Waals surface area contributed by atoms with Crippen molar-refractivity contribution in [1.29, 1.82) is 0 Å². The number of ether oxygens (including phenoxy) is 2. The van der Waals surface area contributed by atoms with E-state index >= 15 is 0 Å². The zero-order valence-electron chi connectivity index (χ0n) is 19.5. The van der Waals surface area contributed by atoms with Crippen LogP contribution >= 0.6 is 0 Å². The van der Waals surface area contributed by atoms with Gasteiger partial charge >= 0.3 is 0 Å². The molecule has 0 bridgehead atoms. The number of rotatable bonds is 7. The number of hydrogen-bond donors (Lipinski definition) is 3. The Morgan fingerprint density at radius 3 is 2.60 bits per heavy atom. The van der Waals surface area contributed by atoms with Gasteiger partial charge in [0.2, 0.25) is 11.8 Å². The molecule has 1 aliphatic rings. The summed E-state index contributed by atoms with van der Waals surface area (Å²) in [6, 6.07) is 11.4. The average molecular weight is 476 g/mol. The van der Waals surface area contributed by atoms with Gasteiger partial charge in [-0.3, -0.25) is 4.79 Å². The van der Waals surface area contributed by atoms with Crippen LogP contribution in [0.1, 0.15) is 36.0 Å². The maximum absolute atomic E-state index is 13.5. The van der Waals surface area contributed by atoms with E-state index in [1.165, 1.54) is 19.2 Å². The molecule has 5 rings (SSSR count). The van der Waals surface area contributed by atoms with Gasteiger partial charge in [0.15, 0.2) is 0 Å². The van der Waals surface area contributed by atoms with Crippen molar-refractivity contribution in [2.75, 3.05) is 19.5 Å². The molecule has 180 valence electrons. The highest BCUT2D eigenvalue weighted by Crippen LogP contribution is 2.37. The lowest BCUT2D eigenvalue weighted by molar-refractivity contribution is 0.0962. The number of hydrogen-bond acceptors (Lipinski definition) is 6. The van der Waals surface area contributed by atoms with E-state index in [-0.39, 0.29) is 17.8 Å². The van der Waals surface area contributed by atoms with Crippen molar-refractivity contribution < 1.29 is 18.7 Å². The number of nitrogens with one attached hydrogen (secondary N) is 3. The molecule has 8 nitrogen and oxygen atoms in total. The molecular weight excluding hydrogens is 449 g/mol. The third-order valence-corrected chi connectivity index (χ3v) is 6.17. The van der Waals surface area contributed by atoms with E-state index in [2.05, 4.69) is 20.6 Å². The Labute approximate surface area is 201 Å². The van der Waals surface area contributed by atoms with E-state index in [0.717, 1.165) is 42.2 Å². The monoisotopic (exact) mass is 475 g/mol. The summed E-state index contributed by atoms with van der Waals surface area (Å²) in [6.07, 6.45) is 6.10. The van der Waals surface area contributed by atoms with Gasteiger partial charge in [-0.1, -0.05) is 12.1 Å². The fourth-order valence-electron chi connectivity index (χ4n) is 4.36. The molecule has 0 atom stereocenters. The second-order valence-electron chi connectivity index (χ2n) is 8.43. The summed E-state index contributed by atoms with van der Waals surface area (Å²) in [5.41, 5.74) is 3.36. The maximum atomic E-state index is 13.5. The van der Waals surface area contributed by atoms with Crippen LogP contribution in [-0.2, 0) is 0 Å². The second kappa shape index (κ2) is 9.61. The van der Waals surface area contributed by atoms with E-state index in [0.29, 0.717) is 34.5 Å². The molecule has 0 radical (unpaired) electrons. The standard InChI is InChI=1S/C26H26FN5O3/c1-28-24(33)16-9-12-20(21(13-16)34-2)30-26-31-23-22(25(32-26)35-18-5-3-4-6-18)19(14-29-23)15-7-10-17(27)11-8-15/h7-14,18H,3-6H2,1-2H3,(H,28,33)(H2,29,30,31,32).